The maximum absolute atomic E-state index is 14.9. The number of fused-ring (bicyclic) bond motifs is 5. The number of hydrogen-bond donors (Lipinski definition) is 3. The Balaban J connectivity index is 1.12. The average molecular weight is 907 g/mol. The first-order valence-electron chi connectivity index (χ1n) is 23.2. The molecule has 4 amide bonds. The smallest absolute Gasteiger partial charge is 0.408 e. The molecule has 7 atom stereocenters. The van der Waals surface area contributed by atoms with Gasteiger partial charge in [-0.3, -0.25) is 24.0 Å². The third-order valence-electron chi connectivity index (χ3n) is 14.1. The van der Waals surface area contributed by atoms with Crippen LogP contribution in [0.2, 0.25) is 0 Å². The Morgan fingerprint density at radius 2 is 1.86 bits per heavy atom. The van der Waals surface area contributed by atoms with Crippen LogP contribution in [-0.4, -0.2) is 128 Å². The molecule has 8 rings (SSSR count). The van der Waals surface area contributed by atoms with Gasteiger partial charge in [-0.05, 0) is 94.2 Å². The van der Waals surface area contributed by atoms with Gasteiger partial charge in [-0.25, -0.2) is 18.2 Å². The molecule has 3 N–H and O–H groups in total. The fourth-order valence-electron chi connectivity index (χ4n) is 9.44. The number of sulfonamides is 1. The quantitative estimate of drug-likeness (QED) is 0.208. The Morgan fingerprint density at radius 3 is 2.56 bits per heavy atom. The number of hydrogen-bond acceptors (Lipinski definition) is 12. The summed E-state index contributed by atoms with van der Waals surface area (Å²) in [5, 5.41) is 6.59. The van der Waals surface area contributed by atoms with Crippen molar-refractivity contribution in [1.29, 1.82) is 0 Å². The lowest BCUT2D eigenvalue weighted by molar-refractivity contribution is -0.142. The second kappa shape index (κ2) is 18.1. The molecule has 5 fully saturated rings. The van der Waals surface area contributed by atoms with Gasteiger partial charge in [0.05, 0.1) is 42.2 Å². The van der Waals surface area contributed by atoms with E-state index in [1.54, 1.807) is 6.92 Å². The highest BCUT2D eigenvalue weighted by atomic mass is 32.2. The molecule has 2 bridgehead atoms. The molecule has 0 radical (unpaired) electrons. The molecule has 64 heavy (non-hydrogen) atoms. The highest BCUT2D eigenvalue weighted by Gasteiger charge is 2.63. The van der Waals surface area contributed by atoms with E-state index in [2.05, 4.69) is 26.8 Å². The molecule has 0 spiro atoms. The second-order valence-electron chi connectivity index (χ2n) is 20.3. The molecule has 2 saturated heterocycles. The van der Waals surface area contributed by atoms with Gasteiger partial charge in [-0.2, -0.15) is 0 Å². The van der Waals surface area contributed by atoms with Crippen molar-refractivity contribution in [3.05, 3.63) is 42.0 Å². The Bertz CT molecular complexity index is 2250. The summed E-state index contributed by atoms with van der Waals surface area (Å²) in [5.74, 6) is -1.21. The predicted molar refractivity (Wildman–Crippen MR) is 239 cm³/mol. The third kappa shape index (κ3) is 9.86. The third-order valence-corrected chi connectivity index (χ3v) is 16.3. The lowest BCUT2D eigenvalue weighted by Crippen LogP contribution is -2.60. The van der Waals surface area contributed by atoms with Crippen LogP contribution in [0.15, 0.2) is 30.9 Å². The predicted octanol–water partition coefficient (Wildman–Crippen LogP) is 4.70. The fourth-order valence-corrected chi connectivity index (χ4v) is 10.8. The fraction of sp³-hybridized carbons (Fsp3) is 0.681. The number of benzene rings is 1. The number of aryl methyl sites for hydroxylation is 1. The average Bonchev–Trinajstić information content (AvgIpc) is 4.21. The van der Waals surface area contributed by atoms with E-state index in [0.717, 1.165) is 93.6 Å². The number of carbonyl (C=O) groups excluding carboxylic acids is 4. The lowest BCUT2D eigenvalue weighted by atomic mass is 9.85. The van der Waals surface area contributed by atoms with E-state index in [4.69, 9.17) is 23.9 Å². The van der Waals surface area contributed by atoms with Crippen LogP contribution < -0.4 is 24.8 Å². The Kier molecular flexibility index (Phi) is 13.0. The van der Waals surface area contributed by atoms with Gasteiger partial charge < -0.3 is 34.5 Å². The van der Waals surface area contributed by atoms with Crippen molar-refractivity contribution in [2.75, 3.05) is 46.0 Å². The molecule has 3 aliphatic carbocycles. The Morgan fingerprint density at radius 1 is 1.09 bits per heavy atom. The molecule has 3 saturated carbocycles. The highest BCUT2D eigenvalue weighted by Crippen LogP contribution is 2.47. The second-order valence-corrected chi connectivity index (χ2v) is 22.5. The first-order chi connectivity index (χ1) is 30.4. The number of rotatable bonds is 11. The van der Waals surface area contributed by atoms with E-state index in [9.17, 15) is 27.6 Å². The molecule has 6 aliphatic rings. The topological polar surface area (TPSA) is 195 Å². The van der Waals surface area contributed by atoms with E-state index < -0.39 is 73.6 Å². The van der Waals surface area contributed by atoms with Crippen LogP contribution in [-0.2, 0) is 40.3 Å². The van der Waals surface area contributed by atoms with Crippen LogP contribution in [0.4, 0.5) is 4.79 Å². The number of morpholine rings is 1. The minimum absolute atomic E-state index is 0.0260. The monoisotopic (exact) mass is 906 g/mol. The normalized spacial score (nSPS) is 29.7. The highest BCUT2D eigenvalue weighted by molar-refractivity contribution is 7.91. The van der Waals surface area contributed by atoms with E-state index in [1.165, 1.54) is 11.0 Å². The maximum atomic E-state index is 14.9. The SMILES string of the molecule is C=C[C@@H]1C[C@]1(NC(=O)[C@@H]1C[C@@H]2CN1C(=O)C(C(C)(C)C)NC(=O)OC1C[C@H]1CCCCCc1c(nc3cc(C)ccc3c1OCCCN1CCOCC1)O2)C(=O)NS(=O)(=O)C1(C)CC1. The van der Waals surface area contributed by atoms with Gasteiger partial charge in [0.15, 0.2) is 0 Å². The summed E-state index contributed by atoms with van der Waals surface area (Å²) in [6.07, 6.45) is 6.68. The van der Waals surface area contributed by atoms with Crippen molar-refractivity contribution < 1.29 is 46.5 Å². The number of alkyl carbamates (subject to hydrolysis) is 1. The van der Waals surface area contributed by atoms with Crippen molar-refractivity contribution >= 4 is 44.7 Å². The molecule has 2 aromatic rings. The summed E-state index contributed by atoms with van der Waals surface area (Å²) in [5.41, 5.74) is 0.155. The van der Waals surface area contributed by atoms with Crippen molar-refractivity contribution in [3.8, 4) is 11.6 Å². The Labute approximate surface area is 377 Å². The molecule has 1 aromatic carbocycles. The lowest BCUT2D eigenvalue weighted by Gasteiger charge is -2.35. The molecule has 16 nitrogen and oxygen atoms in total. The molecule has 4 heterocycles. The number of carbonyl (C=O) groups is 4. The Hall–Kier alpha value is -4.48. The van der Waals surface area contributed by atoms with Crippen molar-refractivity contribution in [2.45, 2.75) is 140 Å². The summed E-state index contributed by atoms with van der Waals surface area (Å²) in [4.78, 5) is 65.8. The standard InChI is InChI=1S/C47H66N6O10S/c1-7-31-27-47(31,43(56)51-64(58,59)46(6)16-17-46)50-40(54)36-26-32-28-53(36)42(55)39(45(3,4)5)49-44(57)63-37-25-30(37)12-9-8-10-13-34-38(61-21-11-18-52-19-22-60-23-20-52)33-15-14-29(2)24-35(33)48-41(34)62-32/h7,14-15,24,30-32,36-37,39H,1,8-13,16-23,25-28H2,2-6H3,(H,49,57)(H,50,54)(H,51,56)/t30-,31-,32-,36+,37?,39?,47-/m1/s1. The zero-order valence-corrected chi connectivity index (χ0v) is 38.9. The summed E-state index contributed by atoms with van der Waals surface area (Å²) >= 11 is 0. The van der Waals surface area contributed by atoms with Crippen LogP contribution >= 0.6 is 0 Å². The molecule has 3 aliphatic heterocycles. The van der Waals surface area contributed by atoms with Gasteiger partial charge in [-0.1, -0.05) is 45.8 Å². The van der Waals surface area contributed by atoms with E-state index >= 15 is 0 Å². The number of pyridine rings is 1. The molecule has 2 unspecified atom stereocenters. The number of nitrogens with zero attached hydrogens (tertiary/aromatic N) is 3. The number of aromatic nitrogens is 1. The zero-order chi connectivity index (χ0) is 45.6. The first-order valence-corrected chi connectivity index (χ1v) is 24.7. The van der Waals surface area contributed by atoms with Crippen molar-refractivity contribution in [1.82, 2.24) is 30.1 Å². The molecule has 1 aromatic heterocycles. The maximum Gasteiger partial charge on any atom is 0.408 e. The van der Waals surface area contributed by atoms with Gasteiger partial charge in [0, 0.05) is 37.4 Å². The first kappa shape index (κ1) is 46.1. The summed E-state index contributed by atoms with van der Waals surface area (Å²) in [6.45, 7) is 17.5. The molecular formula is C47H66N6O10S. The van der Waals surface area contributed by atoms with Crippen molar-refractivity contribution in [2.24, 2.45) is 17.3 Å². The summed E-state index contributed by atoms with van der Waals surface area (Å²) in [7, 11) is -4.02. The van der Waals surface area contributed by atoms with E-state index in [-0.39, 0.29) is 31.4 Å². The van der Waals surface area contributed by atoms with Gasteiger partial charge in [0.1, 0.15) is 35.6 Å². The van der Waals surface area contributed by atoms with E-state index in [0.29, 0.717) is 37.3 Å². The number of amides is 4. The largest absolute Gasteiger partial charge is 0.492 e. The van der Waals surface area contributed by atoms with Crippen LogP contribution in [0, 0.1) is 24.2 Å². The van der Waals surface area contributed by atoms with Gasteiger partial charge in [0.25, 0.3) is 5.91 Å². The minimum atomic E-state index is -4.02. The van der Waals surface area contributed by atoms with Gasteiger partial charge >= 0.3 is 6.09 Å². The van der Waals surface area contributed by atoms with Crippen molar-refractivity contribution in [3.63, 3.8) is 0 Å². The molecule has 350 valence electrons. The van der Waals surface area contributed by atoms with Crippen LogP contribution in [0.3, 0.4) is 0 Å². The zero-order valence-electron chi connectivity index (χ0n) is 38.0. The minimum Gasteiger partial charge on any atom is -0.492 e. The van der Waals surface area contributed by atoms with Gasteiger partial charge in [-0.15, -0.1) is 6.58 Å². The van der Waals surface area contributed by atoms with Crippen LogP contribution in [0.5, 0.6) is 11.6 Å². The number of nitrogens with one attached hydrogen (secondary N) is 3. The van der Waals surface area contributed by atoms with Crippen LogP contribution in [0.25, 0.3) is 10.9 Å². The summed E-state index contributed by atoms with van der Waals surface area (Å²) < 4.78 is 52.6. The molecule has 17 heteroatoms. The number of ether oxygens (including phenoxy) is 4. The summed E-state index contributed by atoms with van der Waals surface area (Å²) in [6, 6.07) is 3.83. The van der Waals surface area contributed by atoms with Crippen LogP contribution in [0.1, 0.15) is 103 Å². The van der Waals surface area contributed by atoms with Gasteiger partial charge in [0.2, 0.25) is 27.7 Å². The van der Waals surface area contributed by atoms with E-state index in [1.807, 2.05) is 45.9 Å². The molecular weight excluding hydrogens is 841 g/mol.